The summed E-state index contributed by atoms with van der Waals surface area (Å²) >= 11 is 10.4. The minimum atomic E-state index is -3.42. The van der Waals surface area contributed by atoms with Crippen LogP contribution in [0.2, 0.25) is 0 Å². The topological polar surface area (TPSA) is 37.4 Å². The van der Waals surface area contributed by atoms with E-state index in [1.54, 1.807) is 13.1 Å². The second kappa shape index (κ2) is 6.70. The highest BCUT2D eigenvalue weighted by Gasteiger charge is 2.25. The van der Waals surface area contributed by atoms with Crippen molar-refractivity contribution < 1.29 is 8.42 Å². The molecule has 1 aromatic rings. The Balaban J connectivity index is 2.94. The Labute approximate surface area is 126 Å². The lowest BCUT2D eigenvalue weighted by atomic mass is 10.1. The van der Waals surface area contributed by atoms with E-state index in [-0.39, 0.29) is 0 Å². The van der Waals surface area contributed by atoms with Crippen LogP contribution >= 0.6 is 38.9 Å². The fraction of sp³-hybridized carbons (Fsp3) is 0.636. The van der Waals surface area contributed by atoms with Crippen molar-refractivity contribution >= 4 is 48.9 Å². The Hall–Kier alpha value is 0.380. The van der Waals surface area contributed by atoms with Gasteiger partial charge >= 0.3 is 0 Å². The molecule has 0 aliphatic rings. The summed E-state index contributed by atoms with van der Waals surface area (Å²) < 4.78 is 26.7. The molecule has 1 rings (SSSR count). The van der Waals surface area contributed by atoms with E-state index in [0.717, 1.165) is 11.3 Å². The molecule has 18 heavy (non-hydrogen) atoms. The van der Waals surface area contributed by atoms with Crippen LogP contribution in [-0.2, 0) is 15.9 Å². The SMILES string of the molecule is CC(C)CCN(C)S(=O)(=O)c1cc(CCl)sc1Br. The Morgan fingerprint density at radius 2 is 2.11 bits per heavy atom. The average Bonchev–Trinajstić information content (AvgIpc) is 2.67. The Morgan fingerprint density at radius 3 is 2.56 bits per heavy atom. The summed E-state index contributed by atoms with van der Waals surface area (Å²) in [5, 5.41) is 0. The molecule has 0 atom stereocenters. The second-order valence-corrected chi connectivity index (χ2v) is 9.23. The molecule has 1 heterocycles. The molecule has 0 aliphatic heterocycles. The Morgan fingerprint density at radius 1 is 1.50 bits per heavy atom. The smallest absolute Gasteiger partial charge is 0.207 e. The first-order valence-corrected chi connectivity index (χ1v) is 9.18. The zero-order valence-corrected chi connectivity index (χ0v) is 14.6. The number of hydrogen-bond acceptors (Lipinski definition) is 3. The molecule has 1 aromatic heterocycles. The summed E-state index contributed by atoms with van der Waals surface area (Å²) in [6.45, 7) is 4.68. The van der Waals surface area contributed by atoms with E-state index in [1.165, 1.54) is 15.6 Å². The van der Waals surface area contributed by atoms with Crippen LogP contribution in [0.4, 0.5) is 0 Å². The van der Waals surface area contributed by atoms with Gasteiger partial charge in [-0.25, -0.2) is 12.7 Å². The Bertz CT molecular complexity index is 499. The maximum Gasteiger partial charge on any atom is 0.244 e. The summed E-state index contributed by atoms with van der Waals surface area (Å²) in [6, 6.07) is 1.64. The van der Waals surface area contributed by atoms with Crippen LogP contribution in [0.3, 0.4) is 0 Å². The molecular formula is C11H17BrClNO2S2. The van der Waals surface area contributed by atoms with Crippen molar-refractivity contribution in [1.29, 1.82) is 0 Å². The standard InChI is InChI=1S/C11H17BrClNO2S2/c1-8(2)4-5-14(3)18(15,16)10-6-9(7-13)17-11(10)12/h6,8H,4-5,7H2,1-3H3. The molecule has 0 fully saturated rings. The van der Waals surface area contributed by atoms with E-state index in [4.69, 9.17) is 11.6 Å². The maximum absolute atomic E-state index is 12.4. The normalized spacial score (nSPS) is 12.6. The summed E-state index contributed by atoms with van der Waals surface area (Å²) in [5.74, 6) is 0.807. The van der Waals surface area contributed by atoms with Gasteiger partial charge in [0, 0.05) is 18.5 Å². The molecule has 104 valence electrons. The van der Waals surface area contributed by atoms with Crippen molar-refractivity contribution in [3.8, 4) is 0 Å². The first kappa shape index (κ1) is 16.4. The van der Waals surface area contributed by atoms with Crippen LogP contribution in [0, 0.1) is 5.92 Å². The molecule has 0 bridgehead atoms. The maximum atomic E-state index is 12.4. The van der Waals surface area contributed by atoms with Crippen molar-refractivity contribution in [2.24, 2.45) is 5.92 Å². The summed E-state index contributed by atoms with van der Waals surface area (Å²) in [4.78, 5) is 1.16. The van der Waals surface area contributed by atoms with Crippen LogP contribution in [-0.4, -0.2) is 26.3 Å². The molecule has 0 amide bonds. The number of nitrogens with zero attached hydrogens (tertiary/aromatic N) is 1. The van der Waals surface area contributed by atoms with Crippen molar-refractivity contribution in [2.45, 2.75) is 31.0 Å². The van der Waals surface area contributed by atoms with Crippen LogP contribution in [0.5, 0.6) is 0 Å². The van der Waals surface area contributed by atoms with Crippen molar-refractivity contribution in [3.05, 3.63) is 14.7 Å². The predicted molar refractivity (Wildman–Crippen MR) is 80.8 cm³/mol. The lowest BCUT2D eigenvalue weighted by Crippen LogP contribution is -2.28. The third kappa shape index (κ3) is 3.93. The highest BCUT2D eigenvalue weighted by atomic mass is 79.9. The van der Waals surface area contributed by atoms with Gasteiger partial charge in [-0.1, -0.05) is 13.8 Å². The molecule has 0 saturated carbocycles. The largest absolute Gasteiger partial charge is 0.244 e. The van der Waals surface area contributed by atoms with Crippen molar-refractivity contribution in [3.63, 3.8) is 0 Å². The van der Waals surface area contributed by atoms with Gasteiger partial charge in [0.25, 0.3) is 0 Å². The van der Waals surface area contributed by atoms with Gasteiger partial charge in [-0.2, -0.15) is 0 Å². The Kier molecular flexibility index (Phi) is 6.12. The fourth-order valence-corrected chi connectivity index (χ4v) is 5.27. The van der Waals surface area contributed by atoms with Crippen molar-refractivity contribution in [1.82, 2.24) is 4.31 Å². The average molecular weight is 375 g/mol. The number of sulfonamides is 1. The molecule has 0 spiro atoms. The molecule has 3 nitrogen and oxygen atoms in total. The number of thiophene rings is 1. The molecule has 7 heteroatoms. The quantitative estimate of drug-likeness (QED) is 0.708. The molecule has 0 radical (unpaired) electrons. The van der Waals surface area contributed by atoms with Gasteiger partial charge in [-0.05, 0) is 34.3 Å². The van der Waals surface area contributed by atoms with E-state index in [9.17, 15) is 8.42 Å². The molecule has 0 aromatic carbocycles. The van der Waals surface area contributed by atoms with Gasteiger partial charge in [-0.3, -0.25) is 0 Å². The summed E-state index contributed by atoms with van der Waals surface area (Å²) in [6.07, 6.45) is 0.847. The first-order valence-electron chi connectivity index (χ1n) is 5.59. The van der Waals surface area contributed by atoms with Crippen LogP contribution in [0.1, 0.15) is 25.1 Å². The molecule has 0 N–H and O–H groups in total. The monoisotopic (exact) mass is 373 g/mol. The van der Waals surface area contributed by atoms with E-state index < -0.39 is 10.0 Å². The van der Waals surface area contributed by atoms with Crippen molar-refractivity contribution in [2.75, 3.05) is 13.6 Å². The van der Waals surface area contributed by atoms with Gasteiger partial charge in [0.15, 0.2) is 0 Å². The van der Waals surface area contributed by atoms with Crippen LogP contribution in [0.25, 0.3) is 0 Å². The number of hydrogen-bond donors (Lipinski definition) is 0. The fourth-order valence-electron chi connectivity index (χ4n) is 1.37. The van der Waals surface area contributed by atoms with E-state index in [0.29, 0.717) is 27.0 Å². The minimum Gasteiger partial charge on any atom is -0.207 e. The number of halogens is 2. The lowest BCUT2D eigenvalue weighted by Gasteiger charge is -2.17. The van der Waals surface area contributed by atoms with E-state index >= 15 is 0 Å². The van der Waals surface area contributed by atoms with Gasteiger partial charge in [0.2, 0.25) is 10.0 Å². The molecular weight excluding hydrogens is 358 g/mol. The van der Waals surface area contributed by atoms with Crippen LogP contribution < -0.4 is 0 Å². The van der Waals surface area contributed by atoms with E-state index in [2.05, 4.69) is 29.8 Å². The van der Waals surface area contributed by atoms with Crippen LogP contribution in [0.15, 0.2) is 14.7 Å². The third-order valence-corrected chi connectivity index (χ3v) is 7.10. The summed E-state index contributed by atoms with van der Waals surface area (Å²) in [5.41, 5.74) is 0. The third-order valence-electron chi connectivity index (χ3n) is 2.55. The summed E-state index contributed by atoms with van der Waals surface area (Å²) in [7, 11) is -1.80. The number of alkyl halides is 1. The van der Waals surface area contributed by atoms with Gasteiger partial charge in [0.05, 0.1) is 9.67 Å². The zero-order chi connectivity index (χ0) is 13.9. The predicted octanol–water partition coefficient (Wildman–Crippen LogP) is 3.92. The number of rotatable bonds is 6. The van der Waals surface area contributed by atoms with Gasteiger partial charge in [0.1, 0.15) is 4.90 Å². The molecule has 0 saturated heterocycles. The van der Waals surface area contributed by atoms with Gasteiger partial charge < -0.3 is 0 Å². The highest BCUT2D eigenvalue weighted by Crippen LogP contribution is 2.34. The minimum absolute atomic E-state index is 0.314. The molecule has 0 unspecified atom stereocenters. The zero-order valence-electron chi connectivity index (χ0n) is 10.6. The lowest BCUT2D eigenvalue weighted by molar-refractivity contribution is 0.428. The second-order valence-electron chi connectivity index (χ2n) is 4.49. The highest BCUT2D eigenvalue weighted by molar-refractivity contribution is 9.11. The first-order chi connectivity index (χ1) is 8.28. The van der Waals surface area contributed by atoms with E-state index in [1.807, 2.05) is 0 Å². The van der Waals surface area contributed by atoms with Gasteiger partial charge in [-0.15, -0.1) is 22.9 Å². The molecule has 0 aliphatic carbocycles.